The molecule has 1 aromatic carbocycles. The van der Waals surface area contributed by atoms with Crippen LogP contribution in [0.4, 0.5) is 9.59 Å². The number of rotatable bonds is 6. The number of esters is 2. The van der Waals surface area contributed by atoms with Crippen molar-refractivity contribution in [1.29, 1.82) is 0 Å². The van der Waals surface area contributed by atoms with E-state index in [0.717, 1.165) is 5.56 Å². The molecular weight excluding hydrogens is 420 g/mol. The smallest absolute Gasteiger partial charge is 0.410 e. The molecule has 1 fully saturated rings. The van der Waals surface area contributed by atoms with Crippen LogP contribution in [-0.2, 0) is 35.1 Å². The van der Waals surface area contributed by atoms with Crippen molar-refractivity contribution in [3.8, 4) is 0 Å². The first-order chi connectivity index (χ1) is 15.1. The van der Waals surface area contributed by atoms with Crippen LogP contribution < -0.4 is 5.32 Å². The van der Waals surface area contributed by atoms with Gasteiger partial charge in [0.2, 0.25) is 0 Å². The highest BCUT2D eigenvalue weighted by atomic mass is 16.6. The van der Waals surface area contributed by atoms with Crippen molar-refractivity contribution in [3.63, 3.8) is 0 Å². The molecule has 1 N–H and O–H groups in total. The fraction of sp³-hybridized carbons (Fsp3) is 0.545. The average Bonchev–Trinajstić information content (AvgIpc) is 3.19. The second-order valence-corrected chi connectivity index (χ2v) is 8.37. The number of alkyl carbamates (subject to hydrolysis) is 1. The van der Waals surface area contributed by atoms with Crippen molar-refractivity contribution < 1.29 is 38.1 Å². The first kappa shape index (κ1) is 25.0. The molecule has 2 amide bonds. The minimum atomic E-state index is -1.13. The van der Waals surface area contributed by atoms with Crippen LogP contribution in [0.25, 0.3) is 0 Å². The van der Waals surface area contributed by atoms with Gasteiger partial charge in [-0.2, -0.15) is 0 Å². The molecule has 1 aromatic rings. The molecule has 0 aliphatic carbocycles. The van der Waals surface area contributed by atoms with Gasteiger partial charge in [0.25, 0.3) is 0 Å². The quantitative estimate of drug-likeness (QED) is 0.518. The largest absolute Gasteiger partial charge is 0.467 e. The SMILES string of the molecule is COC(=O)[C@@H](NC(=O)OC(C)(C)C)[C@H]1C[C@@H](C(=O)OC)N(C(=O)OCc2ccccc2)C1. The van der Waals surface area contributed by atoms with Crippen molar-refractivity contribution in [2.45, 2.75) is 51.5 Å². The molecule has 0 aromatic heterocycles. The third-order valence-electron chi connectivity index (χ3n) is 4.85. The first-order valence-corrected chi connectivity index (χ1v) is 10.2. The number of methoxy groups -OCH3 is 2. The highest BCUT2D eigenvalue weighted by molar-refractivity contribution is 5.84. The van der Waals surface area contributed by atoms with Gasteiger partial charge in [-0.05, 0) is 32.8 Å². The summed E-state index contributed by atoms with van der Waals surface area (Å²) in [6.45, 7) is 5.06. The lowest BCUT2D eigenvalue weighted by molar-refractivity contribution is -0.146. The number of likely N-dealkylation sites (tertiary alicyclic amines) is 1. The number of benzene rings is 1. The fourth-order valence-electron chi connectivity index (χ4n) is 3.40. The lowest BCUT2D eigenvalue weighted by Gasteiger charge is -2.25. The second-order valence-electron chi connectivity index (χ2n) is 8.37. The fourth-order valence-corrected chi connectivity index (χ4v) is 3.40. The van der Waals surface area contributed by atoms with Crippen molar-refractivity contribution in [3.05, 3.63) is 35.9 Å². The number of hydrogen-bond donors (Lipinski definition) is 1. The maximum Gasteiger partial charge on any atom is 0.410 e. The van der Waals surface area contributed by atoms with Gasteiger partial charge in [0.05, 0.1) is 14.2 Å². The molecule has 1 saturated heterocycles. The molecule has 2 rings (SSSR count). The predicted molar refractivity (Wildman–Crippen MR) is 112 cm³/mol. The molecule has 10 nitrogen and oxygen atoms in total. The standard InChI is InChI=1S/C22H30N2O8/c1-22(2,3)32-20(27)23-17(19(26)30-5)15-11-16(18(25)29-4)24(12-15)21(28)31-13-14-9-7-6-8-10-14/h6-10,15-17H,11-13H2,1-5H3,(H,23,27)/t15-,16-,17-/m0/s1. The summed E-state index contributed by atoms with van der Waals surface area (Å²) in [5.74, 6) is -1.99. The monoisotopic (exact) mass is 450 g/mol. The summed E-state index contributed by atoms with van der Waals surface area (Å²) in [7, 11) is 2.39. The minimum absolute atomic E-state index is 0.0192. The van der Waals surface area contributed by atoms with E-state index in [1.54, 1.807) is 32.9 Å². The highest BCUT2D eigenvalue weighted by Crippen LogP contribution is 2.28. The summed E-state index contributed by atoms with van der Waals surface area (Å²) in [5, 5.41) is 2.49. The highest BCUT2D eigenvalue weighted by Gasteiger charge is 2.46. The van der Waals surface area contributed by atoms with Crippen LogP contribution in [0.15, 0.2) is 30.3 Å². The van der Waals surface area contributed by atoms with E-state index in [1.165, 1.54) is 19.1 Å². The molecule has 0 unspecified atom stereocenters. The summed E-state index contributed by atoms with van der Waals surface area (Å²) in [4.78, 5) is 50.9. The van der Waals surface area contributed by atoms with Crippen molar-refractivity contribution in [2.24, 2.45) is 5.92 Å². The number of ether oxygens (including phenoxy) is 4. The zero-order chi connectivity index (χ0) is 23.9. The Labute approximate surface area is 187 Å². The molecule has 1 aliphatic heterocycles. The molecule has 0 bridgehead atoms. The lowest BCUT2D eigenvalue weighted by Crippen LogP contribution is -2.49. The van der Waals surface area contributed by atoms with Gasteiger partial charge in [-0.25, -0.2) is 19.2 Å². The van der Waals surface area contributed by atoms with Crippen molar-refractivity contribution in [2.75, 3.05) is 20.8 Å². The Balaban J connectivity index is 2.15. The van der Waals surface area contributed by atoms with Crippen LogP contribution >= 0.6 is 0 Å². The number of nitrogens with zero attached hydrogens (tertiary/aromatic N) is 1. The number of nitrogens with one attached hydrogen (secondary N) is 1. The van der Waals surface area contributed by atoms with Crippen LogP contribution in [0.2, 0.25) is 0 Å². The van der Waals surface area contributed by atoms with Gasteiger partial charge in [0.1, 0.15) is 24.3 Å². The van der Waals surface area contributed by atoms with Crippen LogP contribution in [0.5, 0.6) is 0 Å². The number of amides is 2. The maximum atomic E-state index is 12.7. The Morgan fingerprint density at radius 2 is 1.75 bits per heavy atom. The normalized spacial score (nSPS) is 19.0. The zero-order valence-electron chi connectivity index (χ0n) is 19.0. The molecule has 1 aliphatic rings. The van der Waals surface area contributed by atoms with Crippen LogP contribution in [0, 0.1) is 5.92 Å². The Kier molecular flexibility index (Phi) is 8.45. The number of hydrogen-bond acceptors (Lipinski definition) is 8. The van der Waals surface area contributed by atoms with E-state index in [9.17, 15) is 19.2 Å². The summed E-state index contributed by atoms with van der Waals surface area (Å²) >= 11 is 0. The van der Waals surface area contributed by atoms with Crippen LogP contribution in [0.3, 0.4) is 0 Å². The Bertz CT molecular complexity index is 821. The van der Waals surface area contributed by atoms with E-state index in [2.05, 4.69) is 5.32 Å². The molecule has 0 radical (unpaired) electrons. The Morgan fingerprint density at radius 1 is 1.09 bits per heavy atom. The van der Waals surface area contributed by atoms with Crippen LogP contribution in [0.1, 0.15) is 32.8 Å². The molecule has 0 spiro atoms. The summed E-state index contributed by atoms with van der Waals surface area (Å²) in [6.07, 6.45) is -1.47. The van der Waals surface area contributed by atoms with Gasteiger partial charge in [-0.3, -0.25) is 4.90 Å². The zero-order valence-corrected chi connectivity index (χ0v) is 19.0. The summed E-state index contributed by atoms with van der Waals surface area (Å²) < 4.78 is 20.2. The van der Waals surface area contributed by atoms with E-state index in [-0.39, 0.29) is 19.6 Å². The van der Waals surface area contributed by atoms with Gasteiger partial charge in [-0.1, -0.05) is 30.3 Å². The molecule has 1 heterocycles. The molecule has 176 valence electrons. The molecule has 0 saturated carbocycles. The number of carbonyl (C=O) groups is 4. The van der Waals surface area contributed by atoms with Gasteiger partial charge in [0.15, 0.2) is 0 Å². The van der Waals surface area contributed by atoms with Gasteiger partial charge in [-0.15, -0.1) is 0 Å². The van der Waals surface area contributed by atoms with Crippen molar-refractivity contribution >= 4 is 24.1 Å². The summed E-state index contributed by atoms with van der Waals surface area (Å²) in [5.41, 5.74) is 0.00710. The number of carbonyl (C=O) groups excluding carboxylic acids is 4. The maximum absolute atomic E-state index is 12.7. The van der Waals surface area contributed by atoms with E-state index in [4.69, 9.17) is 18.9 Å². The second kappa shape index (κ2) is 10.8. The molecular formula is C22H30N2O8. The third kappa shape index (κ3) is 6.86. The van der Waals surface area contributed by atoms with E-state index in [1.807, 2.05) is 18.2 Å². The molecule has 3 atom stereocenters. The Hall–Kier alpha value is -3.30. The van der Waals surface area contributed by atoms with Crippen LogP contribution in [-0.4, -0.2) is 67.5 Å². The third-order valence-corrected chi connectivity index (χ3v) is 4.85. The average molecular weight is 450 g/mol. The van der Waals surface area contributed by atoms with E-state index < -0.39 is 47.7 Å². The van der Waals surface area contributed by atoms with Gasteiger partial charge in [0, 0.05) is 12.5 Å². The van der Waals surface area contributed by atoms with Gasteiger partial charge < -0.3 is 24.3 Å². The van der Waals surface area contributed by atoms with E-state index in [0.29, 0.717) is 0 Å². The Morgan fingerprint density at radius 3 is 2.31 bits per heavy atom. The predicted octanol–water partition coefficient (Wildman–Crippen LogP) is 2.25. The minimum Gasteiger partial charge on any atom is -0.467 e. The molecule has 32 heavy (non-hydrogen) atoms. The van der Waals surface area contributed by atoms with E-state index >= 15 is 0 Å². The first-order valence-electron chi connectivity index (χ1n) is 10.2. The van der Waals surface area contributed by atoms with Crippen molar-refractivity contribution in [1.82, 2.24) is 10.2 Å². The van der Waals surface area contributed by atoms with Gasteiger partial charge >= 0.3 is 24.1 Å². The lowest BCUT2D eigenvalue weighted by atomic mass is 9.96. The topological polar surface area (TPSA) is 120 Å². The summed E-state index contributed by atoms with van der Waals surface area (Å²) in [6, 6.07) is 6.97. The molecule has 10 heteroatoms.